The number of nitrogens with two attached hydrogens (primary N) is 1. The molecule has 27 heavy (non-hydrogen) atoms. The zero-order valence-corrected chi connectivity index (χ0v) is 15.8. The lowest BCUT2D eigenvalue weighted by Crippen LogP contribution is -2.14. The number of aromatic nitrogens is 1. The summed E-state index contributed by atoms with van der Waals surface area (Å²) in [7, 11) is 0. The number of thiocarbonyl (C=S) groups is 1. The zero-order chi connectivity index (χ0) is 19.6. The van der Waals surface area contributed by atoms with Crippen molar-refractivity contribution >= 4 is 28.1 Å². The van der Waals surface area contributed by atoms with Crippen molar-refractivity contribution in [3.05, 3.63) is 59.8 Å². The number of nitrogens with zero attached hydrogens (tertiary/aromatic N) is 1. The van der Waals surface area contributed by atoms with Gasteiger partial charge in [-0.1, -0.05) is 42.5 Å². The summed E-state index contributed by atoms with van der Waals surface area (Å²) in [6.45, 7) is 0.464. The Morgan fingerprint density at radius 3 is 2.56 bits per heavy atom. The second-order valence-corrected chi connectivity index (χ2v) is 7.21. The molecule has 0 bridgehead atoms. The van der Waals surface area contributed by atoms with E-state index in [0.717, 1.165) is 33.2 Å². The molecular weight excluding hydrogens is 366 g/mol. The van der Waals surface area contributed by atoms with Crippen molar-refractivity contribution in [1.82, 2.24) is 4.57 Å². The quantitative estimate of drug-likeness (QED) is 0.584. The molecule has 1 atom stereocenters. The molecule has 0 saturated carbocycles. The first-order valence-electron chi connectivity index (χ1n) is 8.77. The van der Waals surface area contributed by atoms with Crippen LogP contribution in [-0.4, -0.2) is 28.0 Å². The van der Waals surface area contributed by atoms with Crippen LogP contribution in [0.3, 0.4) is 0 Å². The summed E-state index contributed by atoms with van der Waals surface area (Å²) in [4.78, 5) is 0.312. The highest BCUT2D eigenvalue weighted by Crippen LogP contribution is 2.33. The van der Waals surface area contributed by atoms with E-state index in [1.807, 2.05) is 53.2 Å². The molecule has 0 fully saturated rings. The Hall–Kier alpha value is -2.31. The molecule has 0 spiro atoms. The van der Waals surface area contributed by atoms with Gasteiger partial charge in [0.25, 0.3) is 0 Å². The minimum Gasteiger partial charge on any atom is -0.389 e. The molecule has 0 saturated heterocycles. The van der Waals surface area contributed by atoms with Gasteiger partial charge in [0.15, 0.2) is 0 Å². The van der Waals surface area contributed by atoms with E-state index in [2.05, 4.69) is 0 Å². The Morgan fingerprint density at radius 1 is 1.19 bits per heavy atom. The molecule has 3 nitrogen and oxygen atoms in total. The van der Waals surface area contributed by atoms with E-state index in [4.69, 9.17) is 18.0 Å². The van der Waals surface area contributed by atoms with Crippen LogP contribution in [0, 0.1) is 5.92 Å². The van der Waals surface area contributed by atoms with Crippen LogP contribution in [0.25, 0.3) is 22.0 Å². The van der Waals surface area contributed by atoms with Crippen molar-refractivity contribution in [2.45, 2.75) is 19.6 Å². The van der Waals surface area contributed by atoms with Gasteiger partial charge in [-0.15, -0.1) is 0 Å². The molecule has 0 aliphatic heterocycles. The standard InChI is InChI=1S/C21H22F2N2OS/c1-13(26)15-5-6-18-19(16-3-2-4-17(7-16)21(24)27)12-25(20(18)8-15)11-14(9-22)10-23/h2-8,12-14,26H,9-11H2,1H3,(H2,24,27). The van der Waals surface area contributed by atoms with Gasteiger partial charge >= 0.3 is 0 Å². The van der Waals surface area contributed by atoms with E-state index in [9.17, 15) is 13.9 Å². The normalized spacial score (nSPS) is 12.6. The number of hydrogen-bond donors (Lipinski definition) is 2. The smallest absolute Gasteiger partial charge is 0.104 e. The van der Waals surface area contributed by atoms with Gasteiger partial charge in [0, 0.05) is 40.7 Å². The maximum absolute atomic E-state index is 13.1. The summed E-state index contributed by atoms with van der Waals surface area (Å²) < 4.78 is 28.1. The predicted octanol–water partition coefficient (Wildman–Crippen LogP) is 4.55. The first-order valence-corrected chi connectivity index (χ1v) is 9.18. The molecular formula is C21H22F2N2OS. The van der Waals surface area contributed by atoms with Crippen molar-refractivity contribution in [3.63, 3.8) is 0 Å². The van der Waals surface area contributed by atoms with Gasteiger partial charge in [-0.05, 0) is 30.2 Å². The lowest BCUT2D eigenvalue weighted by molar-refractivity contribution is 0.199. The summed E-state index contributed by atoms with van der Waals surface area (Å²) >= 11 is 5.07. The van der Waals surface area contributed by atoms with Crippen LogP contribution in [0.5, 0.6) is 0 Å². The molecule has 3 N–H and O–H groups in total. The van der Waals surface area contributed by atoms with E-state index in [-0.39, 0.29) is 6.54 Å². The molecule has 3 rings (SSSR count). The SMILES string of the molecule is CC(O)c1ccc2c(-c3cccc(C(N)=S)c3)cn(CC(CF)CF)c2c1. The second kappa shape index (κ2) is 8.15. The number of halogens is 2. The fourth-order valence-corrected chi connectivity index (χ4v) is 3.33. The molecule has 6 heteroatoms. The van der Waals surface area contributed by atoms with Gasteiger partial charge in [0.2, 0.25) is 0 Å². The molecule has 0 aliphatic carbocycles. The second-order valence-electron chi connectivity index (χ2n) is 6.77. The van der Waals surface area contributed by atoms with Gasteiger partial charge in [0.1, 0.15) is 4.99 Å². The highest BCUT2D eigenvalue weighted by molar-refractivity contribution is 7.80. The maximum atomic E-state index is 13.1. The number of aliphatic hydroxyl groups excluding tert-OH is 1. The lowest BCUT2D eigenvalue weighted by atomic mass is 10.0. The third kappa shape index (κ3) is 4.01. The minimum absolute atomic E-state index is 0.224. The summed E-state index contributed by atoms with van der Waals surface area (Å²) in [5.74, 6) is -0.702. The number of benzene rings is 2. The largest absolute Gasteiger partial charge is 0.389 e. The van der Waals surface area contributed by atoms with Crippen molar-refractivity contribution in [3.8, 4) is 11.1 Å². The monoisotopic (exact) mass is 388 g/mol. The molecule has 3 aromatic rings. The van der Waals surface area contributed by atoms with Gasteiger partial charge in [-0.3, -0.25) is 8.78 Å². The lowest BCUT2D eigenvalue weighted by Gasteiger charge is -2.12. The van der Waals surface area contributed by atoms with Crippen LogP contribution < -0.4 is 5.73 Å². The third-order valence-corrected chi connectivity index (χ3v) is 4.97. The van der Waals surface area contributed by atoms with Crippen molar-refractivity contribution in [2.24, 2.45) is 11.7 Å². The van der Waals surface area contributed by atoms with Crippen LogP contribution >= 0.6 is 12.2 Å². The minimum atomic E-state index is -0.724. The van der Waals surface area contributed by atoms with E-state index in [0.29, 0.717) is 4.99 Å². The molecule has 1 unspecified atom stereocenters. The molecule has 1 aromatic heterocycles. The predicted molar refractivity (Wildman–Crippen MR) is 109 cm³/mol. The molecule has 2 aromatic carbocycles. The molecule has 1 heterocycles. The van der Waals surface area contributed by atoms with E-state index in [1.54, 1.807) is 6.92 Å². The van der Waals surface area contributed by atoms with Crippen molar-refractivity contribution < 1.29 is 13.9 Å². The highest BCUT2D eigenvalue weighted by Gasteiger charge is 2.16. The Labute approximate surface area is 162 Å². The first-order chi connectivity index (χ1) is 12.9. The van der Waals surface area contributed by atoms with Crippen LogP contribution in [-0.2, 0) is 6.54 Å². The number of aliphatic hydroxyl groups is 1. The molecule has 0 amide bonds. The van der Waals surface area contributed by atoms with Crippen LogP contribution in [0.1, 0.15) is 24.2 Å². The molecule has 142 valence electrons. The van der Waals surface area contributed by atoms with Crippen molar-refractivity contribution in [1.29, 1.82) is 0 Å². The van der Waals surface area contributed by atoms with E-state index < -0.39 is 25.4 Å². The Balaban J connectivity index is 2.18. The molecule has 0 aliphatic rings. The number of hydrogen-bond acceptors (Lipinski definition) is 2. The van der Waals surface area contributed by atoms with Crippen molar-refractivity contribution in [2.75, 3.05) is 13.3 Å². The summed E-state index contributed by atoms with van der Waals surface area (Å²) in [6.07, 6.45) is 1.27. The van der Waals surface area contributed by atoms with Gasteiger partial charge in [-0.25, -0.2) is 0 Å². The zero-order valence-electron chi connectivity index (χ0n) is 15.0. The van der Waals surface area contributed by atoms with Gasteiger partial charge in [-0.2, -0.15) is 0 Å². The van der Waals surface area contributed by atoms with Crippen LogP contribution in [0.15, 0.2) is 48.7 Å². The van der Waals surface area contributed by atoms with Gasteiger partial charge in [0.05, 0.1) is 19.5 Å². The Morgan fingerprint density at radius 2 is 1.93 bits per heavy atom. The Kier molecular flexibility index (Phi) is 5.87. The Bertz CT molecular complexity index is 964. The first kappa shape index (κ1) is 19.5. The summed E-state index contributed by atoms with van der Waals surface area (Å²) in [6, 6.07) is 13.2. The molecule has 0 radical (unpaired) electrons. The number of alkyl halides is 2. The van der Waals surface area contributed by atoms with E-state index >= 15 is 0 Å². The maximum Gasteiger partial charge on any atom is 0.104 e. The fourth-order valence-electron chi connectivity index (χ4n) is 3.21. The topological polar surface area (TPSA) is 51.2 Å². The van der Waals surface area contributed by atoms with Crippen LogP contribution in [0.4, 0.5) is 8.78 Å². The third-order valence-electron chi connectivity index (χ3n) is 4.74. The average Bonchev–Trinajstić information content (AvgIpc) is 3.03. The fraction of sp³-hybridized carbons (Fsp3) is 0.286. The number of rotatable bonds is 7. The highest BCUT2D eigenvalue weighted by atomic mass is 32.1. The number of fused-ring (bicyclic) bond motifs is 1. The average molecular weight is 388 g/mol. The summed E-state index contributed by atoms with van der Waals surface area (Å²) in [5, 5.41) is 10.9. The van der Waals surface area contributed by atoms with Crippen LogP contribution in [0.2, 0.25) is 0 Å². The van der Waals surface area contributed by atoms with E-state index in [1.165, 1.54) is 0 Å². The van der Waals surface area contributed by atoms with Gasteiger partial charge < -0.3 is 15.4 Å². The summed E-state index contributed by atoms with van der Waals surface area (Å²) in [5.41, 5.74) is 9.94.